The summed E-state index contributed by atoms with van der Waals surface area (Å²) in [6.07, 6.45) is 1.01. The van der Waals surface area contributed by atoms with Gasteiger partial charge >= 0.3 is 0 Å². The van der Waals surface area contributed by atoms with Gasteiger partial charge in [-0.1, -0.05) is 12.1 Å². The van der Waals surface area contributed by atoms with Gasteiger partial charge in [0.15, 0.2) is 17.6 Å². The van der Waals surface area contributed by atoms with Crippen LogP contribution in [0.4, 0.5) is 5.69 Å². The molecule has 2 aliphatic heterocycles. The van der Waals surface area contributed by atoms with Crippen LogP contribution in [0.1, 0.15) is 11.3 Å². The maximum absolute atomic E-state index is 6.19. The lowest BCUT2D eigenvalue weighted by molar-refractivity contribution is 0.0956. The van der Waals surface area contributed by atoms with E-state index in [-0.39, 0.29) is 18.5 Å². The van der Waals surface area contributed by atoms with Gasteiger partial charge in [0.05, 0.1) is 24.9 Å². The van der Waals surface area contributed by atoms with Crippen molar-refractivity contribution in [1.29, 1.82) is 0 Å². The summed E-state index contributed by atoms with van der Waals surface area (Å²) in [7, 11) is 1.70. The Morgan fingerprint density at radius 1 is 1.18 bits per heavy atom. The fourth-order valence-corrected chi connectivity index (χ4v) is 4.11. The third-order valence-corrected chi connectivity index (χ3v) is 5.41. The van der Waals surface area contributed by atoms with Crippen molar-refractivity contribution in [2.45, 2.75) is 19.4 Å². The molecule has 6 heteroatoms. The minimum absolute atomic E-state index is 0. The molecule has 3 aromatic rings. The number of pyridine rings is 1. The first-order valence-electron chi connectivity index (χ1n) is 9.33. The molecule has 2 aliphatic rings. The molecule has 0 amide bonds. The molecular formula is C22H23ClN2O3. The smallest absolute Gasteiger partial charge is 0.161 e. The first kappa shape index (κ1) is 18.7. The highest BCUT2D eigenvalue weighted by molar-refractivity contribution is 5.96. The molecule has 0 saturated heterocycles. The fourth-order valence-electron chi connectivity index (χ4n) is 4.11. The molecule has 0 fully saturated rings. The maximum atomic E-state index is 6.19. The van der Waals surface area contributed by atoms with Crippen LogP contribution in [0, 0.1) is 6.92 Å². The molecule has 0 aliphatic carbocycles. The van der Waals surface area contributed by atoms with Crippen molar-refractivity contribution >= 4 is 29.0 Å². The van der Waals surface area contributed by atoms with Crippen LogP contribution in [0.2, 0.25) is 0 Å². The quantitative estimate of drug-likeness (QED) is 0.662. The van der Waals surface area contributed by atoms with Gasteiger partial charge in [0.2, 0.25) is 0 Å². The fraction of sp³-hybridized carbons (Fsp3) is 0.318. The van der Waals surface area contributed by atoms with Gasteiger partial charge in [-0.2, -0.15) is 0 Å². The molecule has 2 aromatic carbocycles. The first-order chi connectivity index (χ1) is 13.2. The Balaban J connectivity index is 0.00000192. The molecule has 28 heavy (non-hydrogen) atoms. The Labute approximate surface area is 170 Å². The van der Waals surface area contributed by atoms with Crippen molar-refractivity contribution in [3.8, 4) is 17.2 Å². The van der Waals surface area contributed by atoms with E-state index in [9.17, 15) is 0 Å². The first-order valence-corrected chi connectivity index (χ1v) is 9.33. The largest absolute Gasteiger partial charge is 0.497 e. The normalized spacial score (nSPS) is 17.2. The second-order valence-corrected chi connectivity index (χ2v) is 7.10. The van der Waals surface area contributed by atoms with Crippen molar-refractivity contribution in [3.05, 3.63) is 53.7 Å². The lowest BCUT2D eigenvalue weighted by Gasteiger charge is -2.31. The maximum Gasteiger partial charge on any atom is 0.161 e. The highest BCUT2D eigenvalue weighted by atomic mass is 35.5. The Morgan fingerprint density at radius 2 is 2.00 bits per heavy atom. The average Bonchev–Trinajstić information content (AvgIpc) is 3.12. The molecule has 5 nitrogen and oxygen atoms in total. The topological polar surface area (TPSA) is 43.8 Å². The van der Waals surface area contributed by atoms with Gasteiger partial charge < -0.3 is 19.1 Å². The monoisotopic (exact) mass is 398 g/mol. The number of hydrogen-bond acceptors (Lipinski definition) is 5. The number of anilines is 1. The standard InChI is InChI=1S/C22H22N2O3.ClH/c1-14-17-9-10-24(12-16-13-26-20-5-3-4-6-21(20)27-16)22(17)18-11-15(25-2)7-8-19(18)23-14;/h3-8,11,16H,9-10,12-13H2,1-2H3;1H. The molecule has 5 rings (SSSR count). The molecule has 146 valence electrons. The number of hydrogen-bond donors (Lipinski definition) is 0. The Kier molecular flexibility index (Phi) is 4.94. The van der Waals surface area contributed by atoms with E-state index in [0.717, 1.165) is 53.4 Å². The van der Waals surface area contributed by atoms with Crippen molar-refractivity contribution < 1.29 is 14.2 Å². The van der Waals surface area contributed by atoms with Crippen LogP contribution in [0.15, 0.2) is 42.5 Å². The van der Waals surface area contributed by atoms with E-state index in [1.54, 1.807) is 7.11 Å². The number of rotatable bonds is 3. The van der Waals surface area contributed by atoms with Crippen LogP contribution in [-0.4, -0.2) is 37.9 Å². The number of nitrogens with zero attached hydrogens (tertiary/aromatic N) is 2. The van der Waals surface area contributed by atoms with E-state index < -0.39 is 0 Å². The molecule has 0 saturated carbocycles. The molecule has 0 spiro atoms. The predicted molar refractivity (Wildman–Crippen MR) is 113 cm³/mol. The van der Waals surface area contributed by atoms with Crippen molar-refractivity contribution in [1.82, 2.24) is 4.98 Å². The number of aryl methyl sites for hydroxylation is 1. The highest BCUT2D eigenvalue weighted by Gasteiger charge is 2.29. The number of benzene rings is 2. The summed E-state index contributed by atoms with van der Waals surface area (Å²) in [5.74, 6) is 2.50. The van der Waals surface area contributed by atoms with Gasteiger partial charge in [-0.3, -0.25) is 4.98 Å². The van der Waals surface area contributed by atoms with Gasteiger partial charge in [-0.05, 0) is 49.2 Å². The van der Waals surface area contributed by atoms with Gasteiger partial charge in [-0.15, -0.1) is 12.4 Å². The van der Waals surface area contributed by atoms with Gasteiger partial charge in [0.1, 0.15) is 12.4 Å². The Morgan fingerprint density at radius 3 is 2.82 bits per heavy atom. The van der Waals surface area contributed by atoms with Gasteiger partial charge in [0, 0.05) is 17.6 Å². The molecule has 0 N–H and O–H groups in total. The molecule has 3 heterocycles. The average molecular weight is 399 g/mol. The number of ether oxygens (including phenoxy) is 3. The molecule has 1 unspecified atom stereocenters. The number of fused-ring (bicyclic) bond motifs is 4. The van der Waals surface area contributed by atoms with Crippen molar-refractivity contribution in [2.24, 2.45) is 0 Å². The SMILES string of the molecule is COc1ccc2nc(C)c3c(c2c1)N(CC1COc2ccccc2O1)CC3.Cl. The van der Waals surface area contributed by atoms with Gasteiger partial charge in [0.25, 0.3) is 0 Å². The van der Waals surface area contributed by atoms with E-state index in [4.69, 9.17) is 19.2 Å². The number of aromatic nitrogens is 1. The van der Waals surface area contributed by atoms with Crippen LogP contribution in [0.5, 0.6) is 17.2 Å². The van der Waals surface area contributed by atoms with E-state index in [1.165, 1.54) is 11.3 Å². The van der Waals surface area contributed by atoms with E-state index >= 15 is 0 Å². The summed E-state index contributed by atoms with van der Waals surface area (Å²) in [6, 6.07) is 14.0. The lowest BCUT2D eigenvalue weighted by atomic mass is 10.1. The zero-order valence-corrected chi connectivity index (χ0v) is 16.8. The number of methoxy groups -OCH3 is 1. The van der Waals surface area contributed by atoms with E-state index in [0.29, 0.717) is 6.61 Å². The minimum atomic E-state index is -0.0000192. The van der Waals surface area contributed by atoms with Crippen LogP contribution < -0.4 is 19.1 Å². The van der Waals surface area contributed by atoms with Crippen LogP contribution in [0.3, 0.4) is 0 Å². The van der Waals surface area contributed by atoms with Gasteiger partial charge in [-0.25, -0.2) is 0 Å². The van der Waals surface area contributed by atoms with Crippen molar-refractivity contribution in [2.75, 3.05) is 31.7 Å². The summed E-state index contributed by atoms with van der Waals surface area (Å²) < 4.78 is 17.5. The number of halogens is 1. The van der Waals surface area contributed by atoms with Crippen LogP contribution >= 0.6 is 12.4 Å². The second kappa shape index (κ2) is 7.40. The van der Waals surface area contributed by atoms with Crippen LogP contribution in [0.25, 0.3) is 10.9 Å². The third kappa shape index (κ3) is 3.10. The zero-order chi connectivity index (χ0) is 18.4. The predicted octanol–water partition coefficient (Wildman–Crippen LogP) is 4.18. The summed E-state index contributed by atoms with van der Waals surface area (Å²) in [4.78, 5) is 7.21. The summed E-state index contributed by atoms with van der Waals surface area (Å²) in [6.45, 7) is 4.42. The Bertz CT molecular complexity index is 1020. The lowest BCUT2D eigenvalue weighted by Crippen LogP contribution is -2.40. The van der Waals surface area contributed by atoms with E-state index in [1.807, 2.05) is 36.4 Å². The molecule has 0 radical (unpaired) electrons. The van der Waals surface area contributed by atoms with Crippen LogP contribution in [-0.2, 0) is 6.42 Å². The molecular weight excluding hydrogens is 376 g/mol. The van der Waals surface area contributed by atoms with Crippen molar-refractivity contribution in [3.63, 3.8) is 0 Å². The third-order valence-electron chi connectivity index (χ3n) is 5.41. The van der Waals surface area contributed by atoms with E-state index in [2.05, 4.69) is 17.9 Å². The summed E-state index contributed by atoms with van der Waals surface area (Å²) in [5, 5.41) is 1.14. The Hall–Kier alpha value is -2.66. The minimum Gasteiger partial charge on any atom is -0.497 e. The molecule has 1 aromatic heterocycles. The summed E-state index contributed by atoms with van der Waals surface area (Å²) >= 11 is 0. The zero-order valence-electron chi connectivity index (χ0n) is 16.0. The second-order valence-electron chi connectivity index (χ2n) is 7.10. The number of para-hydroxylation sites is 2. The molecule has 1 atom stereocenters. The highest BCUT2D eigenvalue weighted by Crippen LogP contribution is 2.39. The molecule has 0 bridgehead atoms. The summed E-state index contributed by atoms with van der Waals surface area (Å²) in [5.41, 5.74) is 4.70.